The molecule has 0 bridgehead atoms. The van der Waals surface area contributed by atoms with Crippen LogP contribution >= 0.6 is 0 Å². The smallest absolute Gasteiger partial charge is 0.344 e. The highest BCUT2D eigenvalue weighted by Crippen LogP contribution is 2.20. The van der Waals surface area contributed by atoms with Gasteiger partial charge in [0.15, 0.2) is 12.7 Å². The molecule has 2 rings (SSSR count). The molecule has 0 aliphatic rings. The normalized spacial score (nSPS) is 11.4. The molecule has 6 nitrogen and oxygen atoms in total. The maximum Gasteiger partial charge on any atom is 0.344 e. The zero-order valence-electron chi connectivity index (χ0n) is 16.1. The van der Waals surface area contributed by atoms with Gasteiger partial charge in [0.2, 0.25) is 0 Å². The third-order valence-corrected chi connectivity index (χ3v) is 4.22. The van der Waals surface area contributed by atoms with Crippen LogP contribution in [0.1, 0.15) is 23.6 Å². The van der Waals surface area contributed by atoms with Gasteiger partial charge in [-0.3, -0.25) is 4.79 Å². The Morgan fingerprint density at radius 2 is 1.74 bits per heavy atom. The highest BCUT2D eigenvalue weighted by atomic mass is 16.6. The summed E-state index contributed by atoms with van der Waals surface area (Å²) in [6.07, 6.45) is -0.922. The second kappa shape index (κ2) is 9.62. The molecule has 0 saturated heterocycles. The summed E-state index contributed by atoms with van der Waals surface area (Å²) < 4.78 is 15.9. The molecule has 144 valence electrons. The topological polar surface area (TPSA) is 73.9 Å². The molecule has 0 radical (unpaired) electrons. The molecule has 0 aliphatic heterocycles. The Hall–Kier alpha value is -3.02. The summed E-state index contributed by atoms with van der Waals surface area (Å²) >= 11 is 0. The van der Waals surface area contributed by atoms with Crippen molar-refractivity contribution < 1.29 is 23.8 Å². The van der Waals surface area contributed by atoms with Crippen LogP contribution in [0, 0.1) is 13.8 Å². The Labute approximate surface area is 159 Å². The maximum atomic E-state index is 12.2. The number of esters is 1. The molecule has 0 spiro atoms. The standard InChI is InChI=1S/C21H25NO5/c1-14-8-7-11-18(15(14)2)26-13-20(23)27-16(3)21(24)22-12-17-9-5-6-10-19(17)25-4/h5-11,16H,12-13H2,1-4H3,(H,22,24)/t16-/m0/s1. The van der Waals surface area contributed by atoms with E-state index in [0.29, 0.717) is 11.5 Å². The van der Waals surface area contributed by atoms with Crippen molar-refractivity contribution >= 4 is 11.9 Å². The summed E-state index contributed by atoms with van der Waals surface area (Å²) in [5.41, 5.74) is 2.88. The largest absolute Gasteiger partial charge is 0.496 e. The summed E-state index contributed by atoms with van der Waals surface area (Å²) in [5, 5.41) is 2.73. The van der Waals surface area contributed by atoms with Crippen molar-refractivity contribution in [3.63, 3.8) is 0 Å². The lowest BCUT2D eigenvalue weighted by molar-refractivity contribution is -0.156. The van der Waals surface area contributed by atoms with Gasteiger partial charge in [-0.1, -0.05) is 30.3 Å². The van der Waals surface area contributed by atoms with Crippen molar-refractivity contribution in [2.75, 3.05) is 13.7 Å². The Morgan fingerprint density at radius 3 is 2.48 bits per heavy atom. The molecule has 1 amide bonds. The number of benzene rings is 2. The number of hydrogen-bond donors (Lipinski definition) is 1. The van der Waals surface area contributed by atoms with Gasteiger partial charge in [0.1, 0.15) is 11.5 Å². The van der Waals surface area contributed by atoms with Gasteiger partial charge in [-0.25, -0.2) is 4.79 Å². The van der Waals surface area contributed by atoms with Crippen LogP contribution in [0.25, 0.3) is 0 Å². The van der Waals surface area contributed by atoms with Crippen LogP contribution in [0.4, 0.5) is 0 Å². The van der Waals surface area contributed by atoms with E-state index in [1.54, 1.807) is 13.2 Å². The minimum Gasteiger partial charge on any atom is -0.496 e. The van der Waals surface area contributed by atoms with E-state index in [0.717, 1.165) is 16.7 Å². The molecular formula is C21H25NO5. The van der Waals surface area contributed by atoms with E-state index in [4.69, 9.17) is 14.2 Å². The van der Waals surface area contributed by atoms with Crippen molar-refractivity contribution in [2.45, 2.75) is 33.4 Å². The van der Waals surface area contributed by atoms with E-state index < -0.39 is 12.1 Å². The van der Waals surface area contributed by atoms with Gasteiger partial charge in [0, 0.05) is 12.1 Å². The number of rotatable bonds is 8. The molecule has 2 aromatic rings. The van der Waals surface area contributed by atoms with Crippen LogP contribution in [0.15, 0.2) is 42.5 Å². The van der Waals surface area contributed by atoms with Crippen molar-refractivity contribution in [2.24, 2.45) is 0 Å². The molecule has 1 N–H and O–H groups in total. The Kier molecular flexibility index (Phi) is 7.23. The number of carbonyl (C=O) groups excluding carboxylic acids is 2. The van der Waals surface area contributed by atoms with E-state index in [-0.39, 0.29) is 19.1 Å². The number of aryl methyl sites for hydroxylation is 1. The zero-order valence-corrected chi connectivity index (χ0v) is 16.1. The van der Waals surface area contributed by atoms with Crippen LogP contribution in [-0.2, 0) is 20.9 Å². The summed E-state index contributed by atoms with van der Waals surface area (Å²) in [6.45, 7) is 5.43. The number of nitrogens with one attached hydrogen (secondary N) is 1. The molecule has 0 heterocycles. The average molecular weight is 371 g/mol. The molecule has 1 atom stereocenters. The van der Waals surface area contributed by atoms with E-state index in [1.165, 1.54) is 6.92 Å². The van der Waals surface area contributed by atoms with E-state index in [1.807, 2.05) is 50.2 Å². The van der Waals surface area contributed by atoms with Crippen LogP contribution in [-0.4, -0.2) is 31.7 Å². The monoisotopic (exact) mass is 371 g/mol. The third-order valence-electron chi connectivity index (χ3n) is 4.22. The van der Waals surface area contributed by atoms with Gasteiger partial charge in [0.25, 0.3) is 5.91 Å². The van der Waals surface area contributed by atoms with Crippen LogP contribution in [0.2, 0.25) is 0 Å². The van der Waals surface area contributed by atoms with Crippen molar-refractivity contribution in [1.29, 1.82) is 0 Å². The van der Waals surface area contributed by atoms with E-state index >= 15 is 0 Å². The Bertz CT molecular complexity index is 803. The summed E-state index contributed by atoms with van der Waals surface area (Å²) in [4.78, 5) is 24.1. The van der Waals surface area contributed by atoms with Crippen LogP contribution in [0.3, 0.4) is 0 Å². The van der Waals surface area contributed by atoms with E-state index in [2.05, 4.69) is 5.32 Å². The number of para-hydroxylation sites is 1. The van der Waals surface area contributed by atoms with Gasteiger partial charge >= 0.3 is 5.97 Å². The lowest BCUT2D eigenvalue weighted by Crippen LogP contribution is -2.36. The molecule has 0 aliphatic carbocycles. The quantitative estimate of drug-likeness (QED) is 0.722. The molecule has 0 aromatic heterocycles. The van der Waals surface area contributed by atoms with Crippen molar-refractivity contribution in [3.05, 3.63) is 59.2 Å². The first-order chi connectivity index (χ1) is 12.9. The second-order valence-corrected chi connectivity index (χ2v) is 6.15. The molecule has 0 fully saturated rings. The number of ether oxygens (including phenoxy) is 3. The van der Waals surface area contributed by atoms with Crippen molar-refractivity contribution in [1.82, 2.24) is 5.32 Å². The fourth-order valence-corrected chi connectivity index (χ4v) is 2.48. The SMILES string of the molecule is COc1ccccc1CNC(=O)[C@H](C)OC(=O)COc1cccc(C)c1C. The fraction of sp³-hybridized carbons (Fsp3) is 0.333. The van der Waals surface area contributed by atoms with E-state index in [9.17, 15) is 9.59 Å². The minimum absolute atomic E-state index is 0.256. The van der Waals surface area contributed by atoms with Gasteiger partial charge in [0.05, 0.1) is 7.11 Å². The first-order valence-electron chi connectivity index (χ1n) is 8.70. The predicted molar refractivity (Wildman–Crippen MR) is 102 cm³/mol. The molecule has 27 heavy (non-hydrogen) atoms. The Morgan fingerprint density at radius 1 is 1.04 bits per heavy atom. The highest BCUT2D eigenvalue weighted by molar-refractivity contribution is 5.83. The second-order valence-electron chi connectivity index (χ2n) is 6.15. The summed E-state index contributed by atoms with van der Waals surface area (Å²) in [7, 11) is 1.57. The van der Waals surface area contributed by atoms with Crippen molar-refractivity contribution in [3.8, 4) is 11.5 Å². The number of methoxy groups -OCH3 is 1. The van der Waals surface area contributed by atoms with Gasteiger partial charge in [-0.2, -0.15) is 0 Å². The highest BCUT2D eigenvalue weighted by Gasteiger charge is 2.18. The summed E-state index contributed by atoms with van der Waals surface area (Å²) in [6, 6.07) is 13.0. The van der Waals surface area contributed by atoms with Gasteiger partial charge in [-0.15, -0.1) is 0 Å². The number of hydrogen-bond acceptors (Lipinski definition) is 5. The molecule has 0 unspecified atom stereocenters. The third kappa shape index (κ3) is 5.74. The Balaban J connectivity index is 1.81. The van der Waals surface area contributed by atoms with Gasteiger partial charge in [-0.05, 0) is 44.0 Å². The number of amides is 1. The van der Waals surface area contributed by atoms with Crippen LogP contribution in [0.5, 0.6) is 11.5 Å². The lowest BCUT2D eigenvalue weighted by atomic mass is 10.1. The molecule has 6 heteroatoms. The fourth-order valence-electron chi connectivity index (χ4n) is 2.48. The average Bonchev–Trinajstić information content (AvgIpc) is 2.67. The minimum atomic E-state index is -0.922. The molecule has 0 saturated carbocycles. The first kappa shape index (κ1) is 20.3. The number of carbonyl (C=O) groups is 2. The lowest BCUT2D eigenvalue weighted by Gasteiger charge is -2.15. The maximum absolute atomic E-state index is 12.2. The first-order valence-corrected chi connectivity index (χ1v) is 8.70. The van der Waals surface area contributed by atoms with Crippen LogP contribution < -0.4 is 14.8 Å². The molecule has 2 aromatic carbocycles. The van der Waals surface area contributed by atoms with Gasteiger partial charge < -0.3 is 19.5 Å². The zero-order chi connectivity index (χ0) is 19.8. The predicted octanol–water partition coefficient (Wildman–Crippen LogP) is 2.94. The molecular weight excluding hydrogens is 346 g/mol. The summed E-state index contributed by atoms with van der Waals surface area (Å²) in [5.74, 6) is 0.321.